The van der Waals surface area contributed by atoms with E-state index in [2.05, 4.69) is 112 Å². The first-order valence-corrected chi connectivity index (χ1v) is 14.0. The molecule has 1 aliphatic heterocycles. The average molecular weight is 504 g/mol. The third-order valence-corrected chi connectivity index (χ3v) is 7.96. The Morgan fingerprint density at radius 2 is 1.85 bits per heavy atom. The van der Waals surface area contributed by atoms with Crippen LogP contribution in [0.4, 0.5) is 11.4 Å². The Balaban J connectivity index is 1.75. The first-order valence-electron chi connectivity index (χ1n) is 11.5. The fourth-order valence-corrected chi connectivity index (χ4v) is 5.70. The number of thiol groups is 1. The zero-order chi connectivity index (χ0) is 24.2. The molecular formula is C27H38ClN3S2+2. The summed E-state index contributed by atoms with van der Waals surface area (Å²) in [5, 5.41) is 0.790. The van der Waals surface area contributed by atoms with Gasteiger partial charge in [-0.05, 0) is 43.7 Å². The van der Waals surface area contributed by atoms with Crippen molar-refractivity contribution in [2.24, 2.45) is 0 Å². The van der Waals surface area contributed by atoms with Gasteiger partial charge in [-0.1, -0.05) is 40.6 Å². The molecule has 0 saturated carbocycles. The van der Waals surface area contributed by atoms with E-state index in [1.807, 2.05) is 6.07 Å². The van der Waals surface area contributed by atoms with Crippen molar-refractivity contribution in [3.8, 4) is 0 Å². The van der Waals surface area contributed by atoms with Crippen LogP contribution in [-0.2, 0) is 5.41 Å². The first kappa shape index (κ1) is 26.2. The first-order chi connectivity index (χ1) is 15.6. The van der Waals surface area contributed by atoms with Gasteiger partial charge in [0.1, 0.15) is 7.05 Å². The van der Waals surface area contributed by atoms with Gasteiger partial charge in [0.2, 0.25) is 5.69 Å². The number of fused-ring (bicyclic) bond motifs is 1. The molecule has 0 unspecified atom stereocenters. The highest BCUT2D eigenvalue weighted by Crippen LogP contribution is 2.40. The van der Waals surface area contributed by atoms with Crippen LogP contribution in [0.25, 0.3) is 6.08 Å². The molecule has 2 aromatic rings. The molecule has 0 fully saturated rings. The molecule has 0 atom stereocenters. The molecule has 1 aliphatic rings. The Kier molecular flexibility index (Phi) is 8.66. The molecule has 6 heteroatoms. The highest BCUT2D eigenvalue weighted by Gasteiger charge is 2.42. The smallest absolute Gasteiger partial charge is 0.209 e. The number of para-hydroxylation sites is 1. The van der Waals surface area contributed by atoms with Crippen LogP contribution in [0.1, 0.15) is 31.4 Å². The summed E-state index contributed by atoms with van der Waals surface area (Å²) < 4.78 is 3.32. The zero-order valence-electron chi connectivity index (χ0n) is 20.8. The van der Waals surface area contributed by atoms with E-state index in [-0.39, 0.29) is 5.41 Å². The summed E-state index contributed by atoms with van der Waals surface area (Å²) in [6, 6.07) is 14.9. The summed E-state index contributed by atoms with van der Waals surface area (Å²) in [5.74, 6) is 1.08. The summed E-state index contributed by atoms with van der Waals surface area (Å²) in [4.78, 5) is 2.38. The lowest BCUT2D eigenvalue weighted by Crippen LogP contribution is -2.43. The second-order valence-electron chi connectivity index (χ2n) is 10.1. The lowest BCUT2D eigenvalue weighted by atomic mass is 9.81. The van der Waals surface area contributed by atoms with E-state index in [1.165, 1.54) is 28.2 Å². The molecule has 0 amide bonds. The summed E-state index contributed by atoms with van der Waals surface area (Å²) in [7, 11) is 10.6. The molecule has 3 nitrogen and oxygen atoms in total. The van der Waals surface area contributed by atoms with E-state index in [0.29, 0.717) is 0 Å². The standard InChI is InChI=1S/C27H37ClN3S2/c1-27(2)23-20-22(28)13-14-25(23)30(4)26(27)15-12-21-10-7-8-11-24(21)29(3)16-9-17-31(5,6)18-19-33-32/h7-8,10-15,20H,9,16-19H2,1-6H3/q+1/p+1. The minimum Gasteiger partial charge on any atom is -0.374 e. The Morgan fingerprint density at radius 1 is 1.12 bits per heavy atom. The van der Waals surface area contributed by atoms with Gasteiger partial charge in [-0.25, -0.2) is 0 Å². The van der Waals surface area contributed by atoms with Crippen molar-refractivity contribution in [3.63, 3.8) is 0 Å². The molecule has 0 radical (unpaired) electrons. The van der Waals surface area contributed by atoms with Gasteiger partial charge in [-0.3, -0.25) is 0 Å². The number of rotatable bonds is 10. The van der Waals surface area contributed by atoms with Gasteiger partial charge in [0.15, 0.2) is 5.71 Å². The molecule has 0 saturated heterocycles. The van der Waals surface area contributed by atoms with Gasteiger partial charge in [0, 0.05) is 48.4 Å². The third kappa shape index (κ3) is 6.19. The highest BCUT2D eigenvalue weighted by molar-refractivity contribution is 8.68. The highest BCUT2D eigenvalue weighted by atomic mass is 35.5. The normalized spacial score (nSPS) is 15.4. The SMILES string of the molecule is CN(CCC[N+](C)(C)CCSS)c1ccccc1/C=C/C1=[N+](C)c2ccc(Cl)cc2C1(C)C. The van der Waals surface area contributed by atoms with Crippen LogP contribution in [0.5, 0.6) is 0 Å². The molecule has 0 N–H and O–H groups in total. The second-order valence-corrected chi connectivity index (χ2v) is 12.0. The van der Waals surface area contributed by atoms with Crippen molar-refractivity contribution in [3.05, 3.63) is 64.7 Å². The van der Waals surface area contributed by atoms with Gasteiger partial charge in [0.05, 0.1) is 38.4 Å². The van der Waals surface area contributed by atoms with Crippen LogP contribution >= 0.6 is 34.1 Å². The van der Waals surface area contributed by atoms with Gasteiger partial charge in [-0.15, -0.1) is 11.7 Å². The summed E-state index contributed by atoms with van der Waals surface area (Å²) >= 11 is 10.6. The van der Waals surface area contributed by atoms with Crippen LogP contribution < -0.4 is 4.90 Å². The molecule has 0 bridgehead atoms. The molecule has 0 aromatic heterocycles. The van der Waals surface area contributed by atoms with Crippen molar-refractivity contribution >= 4 is 57.2 Å². The van der Waals surface area contributed by atoms with Crippen molar-refractivity contribution in [1.82, 2.24) is 0 Å². The number of allylic oxidation sites excluding steroid dienone is 1. The number of quaternary nitrogens is 1. The zero-order valence-corrected chi connectivity index (χ0v) is 23.3. The average Bonchev–Trinajstić information content (AvgIpc) is 2.95. The summed E-state index contributed by atoms with van der Waals surface area (Å²) in [6.45, 7) is 7.89. The van der Waals surface area contributed by atoms with Crippen molar-refractivity contribution in [1.29, 1.82) is 0 Å². The van der Waals surface area contributed by atoms with Crippen LogP contribution in [-0.4, -0.2) is 68.3 Å². The van der Waals surface area contributed by atoms with E-state index in [9.17, 15) is 0 Å². The fourth-order valence-electron chi connectivity index (χ4n) is 4.71. The maximum absolute atomic E-state index is 6.31. The Hall–Kier alpha value is -1.40. The lowest BCUT2D eigenvalue weighted by Gasteiger charge is -2.30. The topological polar surface area (TPSA) is 6.25 Å². The Bertz CT molecular complexity index is 1040. The lowest BCUT2D eigenvalue weighted by molar-refractivity contribution is -0.887. The van der Waals surface area contributed by atoms with E-state index in [0.717, 1.165) is 41.3 Å². The van der Waals surface area contributed by atoms with Crippen molar-refractivity contribution in [2.75, 3.05) is 58.5 Å². The molecule has 178 valence electrons. The van der Waals surface area contributed by atoms with Gasteiger partial charge in [0.25, 0.3) is 0 Å². The summed E-state index contributed by atoms with van der Waals surface area (Å²) in [5.41, 5.74) is 6.20. The van der Waals surface area contributed by atoms with E-state index >= 15 is 0 Å². The molecule has 0 aliphatic carbocycles. The predicted octanol–water partition coefficient (Wildman–Crippen LogP) is 6.54. The maximum Gasteiger partial charge on any atom is 0.209 e. The number of hydrogen-bond donors (Lipinski definition) is 1. The molecular weight excluding hydrogens is 466 g/mol. The van der Waals surface area contributed by atoms with Gasteiger partial charge < -0.3 is 9.38 Å². The number of nitrogens with zero attached hydrogens (tertiary/aromatic N) is 3. The monoisotopic (exact) mass is 503 g/mol. The van der Waals surface area contributed by atoms with Crippen LogP contribution in [0.3, 0.4) is 0 Å². The van der Waals surface area contributed by atoms with Gasteiger partial charge in [-0.2, -0.15) is 4.58 Å². The minimum atomic E-state index is -0.0961. The Labute approximate surface area is 214 Å². The van der Waals surface area contributed by atoms with E-state index in [4.69, 9.17) is 11.6 Å². The molecule has 1 heterocycles. The fraction of sp³-hybridized carbons (Fsp3) is 0.444. The van der Waals surface area contributed by atoms with Gasteiger partial charge >= 0.3 is 0 Å². The van der Waals surface area contributed by atoms with Crippen LogP contribution in [0.2, 0.25) is 5.02 Å². The largest absolute Gasteiger partial charge is 0.374 e. The number of hydrogen-bond acceptors (Lipinski definition) is 3. The summed E-state index contributed by atoms with van der Waals surface area (Å²) in [6.07, 6.45) is 5.69. The predicted molar refractivity (Wildman–Crippen MR) is 152 cm³/mol. The molecule has 0 spiro atoms. The molecule has 33 heavy (non-hydrogen) atoms. The maximum atomic E-state index is 6.31. The van der Waals surface area contributed by atoms with Crippen molar-refractivity contribution in [2.45, 2.75) is 25.7 Å². The van der Waals surface area contributed by atoms with E-state index in [1.54, 1.807) is 10.8 Å². The number of anilines is 1. The van der Waals surface area contributed by atoms with Crippen molar-refractivity contribution < 1.29 is 9.06 Å². The number of benzene rings is 2. The van der Waals surface area contributed by atoms with Crippen LogP contribution in [0.15, 0.2) is 48.5 Å². The second kappa shape index (κ2) is 10.9. The van der Waals surface area contributed by atoms with E-state index < -0.39 is 0 Å². The Morgan fingerprint density at radius 3 is 2.58 bits per heavy atom. The molecule has 2 aromatic carbocycles. The minimum absolute atomic E-state index is 0.0961. The quantitative estimate of drug-likeness (QED) is 0.170. The van der Waals surface area contributed by atoms with Crippen LogP contribution in [0, 0.1) is 0 Å². The third-order valence-electron chi connectivity index (χ3n) is 6.81. The number of halogens is 1. The molecule has 3 rings (SSSR count).